The van der Waals surface area contributed by atoms with E-state index in [9.17, 15) is 3.38 Å². The normalized spacial score (nSPS) is 1.75. The van der Waals surface area contributed by atoms with Crippen LogP contribution in [-0.4, -0.2) is 46.7 Å². The minimum Gasteiger partial charge on any atom is 0.316 e. The van der Waals surface area contributed by atoms with Crippen molar-refractivity contribution in [1.82, 2.24) is 0 Å². The molecule has 2 N–H and O–H groups in total. The molecule has 0 saturated carbocycles. The molecule has 0 radical (unpaired) electrons. The third kappa shape index (κ3) is 10.5. The second kappa shape index (κ2) is 28.7. The van der Waals surface area contributed by atoms with Crippen LogP contribution < -0.4 is 0 Å². The van der Waals surface area contributed by atoms with Crippen LogP contribution in [0.4, 0.5) is 3.38 Å². The third-order valence-electron chi connectivity index (χ3n) is 0. The van der Waals surface area contributed by atoms with Crippen molar-refractivity contribution in [3.05, 3.63) is 0 Å². The SMILES string of the molecule is O.[Li][F].[MgH2]. The fourth-order valence-corrected chi connectivity index (χ4v) is 0. The van der Waals surface area contributed by atoms with Gasteiger partial charge in [-0.05, 0) is 0 Å². The van der Waals surface area contributed by atoms with Crippen molar-refractivity contribution in [2.45, 2.75) is 0 Å². The van der Waals surface area contributed by atoms with Gasteiger partial charge < -0.3 is 5.48 Å². The molecule has 4 heteroatoms. The molecule has 0 amide bonds. The minimum absolute atomic E-state index is 0. The first-order chi connectivity index (χ1) is 1.00. The van der Waals surface area contributed by atoms with E-state index in [1.807, 2.05) is 0 Å². The molecule has 0 aromatic rings. The zero-order valence-corrected chi connectivity index (χ0v) is 1.88. The van der Waals surface area contributed by atoms with Crippen molar-refractivity contribution in [2.75, 3.05) is 0 Å². The Balaban J connectivity index is -0.00000000500. The monoisotopic (exact) mass is 70.0 g/mol. The Hall–Kier alpha value is 1.25. The van der Waals surface area contributed by atoms with Gasteiger partial charge in [-0.3, -0.25) is 0 Å². The quantitative estimate of drug-likeness (QED) is 0.304. The maximum atomic E-state index is 9.50. The van der Waals surface area contributed by atoms with E-state index in [1.54, 1.807) is 0 Å². The molecule has 4 heavy (non-hydrogen) atoms. The molecular weight excluding hydrogens is 66.2 g/mol. The summed E-state index contributed by atoms with van der Waals surface area (Å²) in [4.78, 5) is 0. The Kier molecular flexibility index (Phi) is 134. The van der Waals surface area contributed by atoms with Crippen LogP contribution in [0.15, 0.2) is 0 Å². The number of rotatable bonds is 0. The third-order valence-corrected chi connectivity index (χ3v) is 0. The summed E-state index contributed by atoms with van der Waals surface area (Å²) in [7, 11) is 0. The summed E-state index contributed by atoms with van der Waals surface area (Å²) in [5.74, 6) is 0. The zero-order chi connectivity index (χ0) is 2.00. The van der Waals surface area contributed by atoms with Crippen LogP contribution in [0, 0.1) is 0 Å². The summed E-state index contributed by atoms with van der Waals surface area (Å²) in [6.07, 6.45) is 0. The maximum absolute atomic E-state index is 9.50. The van der Waals surface area contributed by atoms with Gasteiger partial charge in [-0.1, -0.05) is 0 Å². The molecule has 0 bridgehead atoms. The molecule has 0 aromatic carbocycles. The predicted octanol–water partition coefficient (Wildman–Crippen LogP) is -1.70. The molecule has 0 fully saturated rings. The van der Waals surface area contributed by atoms with E-state index in [4.69, 9.17) is 0 Å². The predicted molar refractivity (Wildman–Crippen MR) is 19.0 cm³/mol. The average molecular weight is 70.3 g/mol. The van der Waals surface area contributed by atoms with Crippen LogP contribution in [0.5, 0.6) is 0 Å². The summed E-state index contributed by atoms with van der Waals surface area (Å²) >= 11 is 0.500. The molecule has 0 unspecified atom stereocenters. The van der Waals surface area contributed by atoms with Gasteiger partial charge in [0.1, 0.15) is 0 Å². The second-order valence-electron chi connectivity index (χ2n) is 0. The second-order valence-corrected chi connectivity index (χ2v) is 0. The molecule has 0 aliphatic heterocycles. The van der Waals surface area contributed by atoms with Crippen LogP contribution >= 0.6 is 0 Å². The van der Waals surface area contributed by atoms with Crippen LogP contribution in [0.25, 0.3) is 0 Å². The molecular formula is H4FLiMgO. The Morgan fingerprint density at radius 3 is 1.25 bits per heavy atom. The summed E-state index contributed by atoms with van der Waals surface area (Å²) < 4.78 is 9.50. The molecule has 0 rings (SSSR count). The van der Waals surface area contributed by atoms with E-state index in [-0.39, 0.29) is 28.5 Å². The molecule has 0 heterocycles. The summed E-state index contributed by atoms with van der Waals surface area (Å²) in [5, 5.41) is 0. The molecule has 0 aromatic heterocycles. The summed E-state index contributed by atoms with van der Waals surface area (Å²) in [6.45, 7) is 0. The van der Waals surface area contributed by atoms with Gasteiger partial charge in [0.25, 0.3) is 0 Å². The number of halogens is 1. The fraction of sp³-hybridized carbons (Fsp3) is 0. The first kappa shape index (κ1) is 18.7. The van der Waals surface area contributed by atoms with Crippen molar-refractivity contribution in [3.63, 3.8) is 0 Å². The van der Waals surface area contributed by atoms with Gasteiger partial charge in [0.15, 0.2) is 0 Å². The van der Waals surface area contributed by atoms with Crippen LogP contribution in [-0.2, 0) is 0 Å². The van der Waals surface area contributed by atoms with Crippen molar-refractivity contribution in [3.8, 4) is 0 Å². The zero-order valence-electron chi connectivity index (χ0n) is 1.88. The van der Waals surface area contributed by atoms with Crippen molar-refractivity contribution in [1.29, 1.82) is 0 Å². The van der Waals surface area contributed by atoms with Gasteiger partial charge >= 0.3 is 44.6 Å². The van der Waals surface area contributed by atoms with Gasteiger partial charge in [-0.15, -0.1) is 0 Å². The molecule has 0 spiro atoms. The Morgan fingerprint density at radius 2 is 1.25 bits per heavy atom. The average Bonchev–Trinajstić information content (AvgIpc) is 1.00. The number of hydrogen-bond acceptors (Lipinski definition) is 0. The first-order valence-corrected chi connectivity index (χ1v) is 0.378. The van der Waals surface area contributed by atoms with Crippen LogP contribution in [0.3, 0.4) is 0 Å². The Bertz CT molecular complexity index is 8.00. The van der Waals surface area contributed by atoms with Crippen LogP contribution in [0.1, 0.15) is 0 Å². The van der Waals surface area contributed by atoms with Crippen molar-refractivity contribution < 1.29 is 8.85 Å². The molecule has 0 aliphatic carbocycles. The van der Waals surface area contributed by atoms with E-state index < -0.39 is 0 Å². The Morgan fingerprint density at radius 1 is 1.25 bits per heavy atom. The van der Waals surface area contributed by atoms with Crippen LogP contribution in [0.2, 0.25) is 0 Å². The molecule has 0 saturated heterocycles. The molecule has 0 atom stereocenters. The molecule has 1 nitrogen and oxygen atoms in total. The summed E-state index contributed by atoms with van der Waals surface area (Å²) in [6, 6.07) is 0. The summed E-state index contributed by atoms with van der Waals surface area (Å²) in [5.41, 5.74) is 0. The van der Waals surface area contributed by atoms with Gasteiger partial charge in [-0.2, -0.15) is 0 Å². The van der Waals surface area contributed by atoms with Crippen molar-refractivity contribution in [2.24, 2.45) is 0 Å². The Labute approximate surface area is 50.2 Å². The minimum atomic E-state index is 0. The van der Waals surface area contributed by atoms with E-state index >= 15 is 0 Å². The first-order valence-electron chi connectivity index (χ1n) is 0.378. The van der Waals surface area contributed by atoms with Gasteiger partial charge in [0.05, 0.1) is 0 Å². The largest absolute Gasteiger partial charge is 0.316 e. The standard InChI is InChI=1S/FH.Li.Mg.H2O.2H/h1H;;;1H2;;/q;+1;;;;/p-1. The van der Waals surface area contributed by atoms with E-state index in [0.29, 0.717) is 18.2 Å². The maximum Gasteiger partial charge on any atom is 0.316 e. The van der Waals surface area contributed by atoms with E-state index in [1.165, 1.54) is 0 Å². The smallest absolute Gasteiger partial charge is 0.316 e. The van der Waals surface area contributed by atoms with Gasteiger partial charge in [-0.25, -0.2) is 0 Å². The molecule has 0 aliphatic rings. The van der Waals surface area contributed by atoms with E-state index in [0.717, 1.165) is 0 Å². The van der Waals surface area contributed by atoms with Crippen molar-refractivity contribution >= 4 is 41.3 Å². The number of hydrogen-bond donors (Lipinski definition) is 0. The topological polar surface area (TPSA) is 31.5 Å². The fourth-order valence-electron chi connectivity index (χ4n) is 0. The van der Waals surface area contributed by atoms with Gasteiger partial charge in [0.2, 0.25) is 0 Å². The van der Waals surface area contributed by atoms with E-state index in [2.05, 4.69) is 0 Å². The van der Waals surface area contributed by atoms with Gasteiger partial charge in [0, 0.05) is 0 Å². The molecule has 20 valence electrons.